The molecule has 1 aromatic heterocycles. The van der Waals surface area contributed by atoms with Crippen LogP contribution in [0.15, 0.2) is 57.2 Å². The summed E-state index contributed by atoms with van der Waals surface area (Å²) in [4.78, 5) is 23.9. The Hall–Kier alpha value is -2.63. The SMILES string of the molecule is O=C(c1ccco1)N1C=C(N2C=CN=CC2)N=CC1. The normalized spacial score (nSPS) is 17.8. The molecular formula is C13H12N4O2. The molecule has 0 N–H and O–H groups in total. The highest BCUT2D eigenvalue weighted by molar-refractivity contribution is 5.94. The number of nitrogens with zero attached hydrogens (tertiary/aromatic N) is 4. The average molecular weight is 256 g/mol. The Morgan fingerprint density at radius 3 is 3.00 bits per heavy atom. The van der Waals surface area contributed by atoms with Gasteiger partial charge in [-0.15, -0.1) is 0 Å². The van der Waals surface area contributed by atoms with Crippen LogP contribution in [0.5, 0.6) is 0 Å². The Labute approximate surface area is 110 Å². The van der Waals surface area contributed by atoms with Gasteiger partial charge in [-0.2, -0.15) is 0 Å². The standard InChI is InChI=1S/C13H12N4O2/c18-13(11-2-1-9-19-11)17-8-5-15-12(10-17)16-6-3-14-4-7-16/h1-6,9-10H,7-8H2. The summed E-state index contributed by atoms with van der Waals surface area (Å²) in [5, 5.41) is 0. The minimum atomic E-state index is -0.177. The molecule has 0 saturated carbocycles. The molecule has 6 nitrogen and oxygen atoms in total. The number of rotatable bonds is 2. The van der Waals surface area contributed by atoms with Crippen LogP contribution in [0.4, 0.5) is 0 Å². The molecule has 0 saturated heterocycles. The lowest BCUT2D eigenvalue weighted by atomic mass is 10.3. The lowest BCUT2D eigenvalue weighted by Gasteiger charge is -2.25. The number of carbonyl (C=O) groups excluding carboxylic acids is 1. The molecule has 1 amide bonds. The van der Waals surface area contributed by atoms with Gasteiger partial charge in [-0.05, 0) is 12.1 Å². The molecule has 96 valence electrons. The van der Waals surface area contributed by atoms with Gasteiger partial charge in [0.15, 0.2) is 5.76 Å². The van der Waals surface area contributed by atoms with Crippen LogP contribution in [-0.2, 0) is 0 Å². The van der Waals surface area contributed by atoms with Crippen molar-refractivity contribution < 1.29 is 9.21 Å². The van der Waals surface area contributed by atoms with Crippen LogP contribution < -0.4 is 0 Å². The van der Waals surface area contributed by atoms with E-state index in [1.54, 1.807) is 41.9 Å². The van der Waals surface area contributed by atoms with Gasteiger partial charge in [-0.3, -0.25) is 9.79 Å². The monoisotopic (exact) mass is 256 g/mol. The van der Waals surface area contributed by atoms with E-state index in [0.29, 0.717) is 24.7 Å². The second-order valence-corrected chi connectivity index (χ2v) is 4.02. The summed E-state index contributed by atoms with van der Waals surface area (Å²) in [5.41, 5.74) is 0. The van der Waals surface area contributed by atoms with Gasteiger partial charge in [0, 0.05) is 24.8 Å². The van der Waals surface area contributed by atoms with Crippen molar-refractivity contribution in [3.63, 3.8) is 0 Å². The zero-order valence-corrected chi connectivity index (χ0v) is 10.1. The second-order valence-electron chi connectivity index (χ2n) is 4.02. The zero-order chi connectivity index (χ0) is 13.1. The topological polar surface area (TPSA) is 61.4 Å². The lowest BCUT2D eigenvalue weighted by Crippen LogP contribution is -2.32. The molecular weight excluding hydrogens is 244 g/mol. The molecule has 0 aromatic carbocycles. The highest BCUT2D eigenvalue weighted by Gasteiger charge is 2.20. The van der Waals surface area contributed by atoms with Gasteiger partial charge in [0.05, 0.1) is 25.6 Å². The summed E-state index contributed by atoms with van der Waals surface area (Å²) >= 11 is 0. The number of furan rings is 1. The fourth-order valence-electron chi connectivity index (χ4n) is 1.83. The van der Waals surface area contributed by atoms with Gasteiger partial charge in [0.1, 0.15) is 5.82 Å². The number of hydrogen-bond acceptors (Lipinski definition) is 5. The van der Waals surface area contributed by atoms with E-state index in [9.17, 15) is 4.79 Å². The Morgan fingerprint density at radius 1 is 1.32 bits per heavy atom. The van der Waals surface area contributed by atoms with Crippen LogP contribution in [0.1, 0.15) is 10.6 Å². The fraction of sp³-hybridized carbons (Fsp3) is 0.154. The van der Waals surface area contributed by atoms with Crippen LogP contribution in [-0.4, -0.2) is 41.2 Å². The first-order valence-corrected chi connectivity index (χ1v) is 5.88. The fourth-order valence-corrected chi connectivity index (χ4v) is 1.83. The predicted octanol–water partition coefficient (Wildman–Crippen LogP) is 1.46. The molecule has 6 heteroatoms. The van der Waals surface area contributed by atoms with Gasteiger partial charge in [0.2, 0.25) is 0 Å². The van der Waals surface area contributed by atoms with Crippen molar-refractivity contribution in [1.82, 2.24) is 9.80 Å². The number of carbonyl (C=O) groups is 1. The van der Waals surface area contributed by atoms with Gasteiger partial charge < -0.3 is 14.2 Å². The Morgan fingerprint density at radius 2 is 2.26 bits per heavy atom. The van der Waals surface area contributed by atoms with Crippen LogP contribution in [0.25, 0.3) is 0 Å². The first-order valence-electron chi connectivity index (χ1n) is 5.88. The molecule has 3 heterocycles. The lowest BCUT2D eigenvalue weighted by molar-refractivity contribution is 0.0804. The molecule has 2 aliphatic heterocycles. The third kappa shape index (κ3) is 2.33. The van der Waals surface area contributed by atoms with Crippen LogP contribution in [0.3, 0.4) is 0 Å². The van der Waals surface area contributed by atoms with Gasteiger partial charge >= 0.3 is 0 Å². The van der Waals surface area contributed by atoms with Crippen molar-refractivity contribution in [2.75, 3.05) is 13.1 Å². The van der Waals surface area contributed by atoms with Crippen molar-refractivity contribution in [1.29, 1.82) is 0 Å². The minimum Gasteiger partial charge on any atom is -0.459 e. The molecule has 3 rings (SSSR count). The van der Waals surface area contributed by atoms with E-state index in [1.165, 1.54) is 6.26 Å². The molecule has 0 spiro atoms. The largest absolute Gasteiger partial charge is 0.459 e. The van der Waals surface area contributed by atoms with E-state index < -0.39 is 0 Å². The van der Waals surface area contributed by atoms with Gasteiger partial charge in [-0.1, -0.05) is 0 Å². The van der Waals surface area contributed by atoms with Crippen LogP contribution in [0.2, 0.25) is 0 Å². The molecule has 0 aliphatic carbocycles. The van der Waals surface area contributed by atoms with E-state index in [2.05, 4.69) is 9.98 Å². The van der Waals surface area contributed by atoms with Crippen molar-refractivity contribution in [2.24, 2.45) is 9.98 Å². The summed E-state index contributed by atoms with van der Waals surface area (Å²) in [7, 11) is 0. The highest BCUT2D eigenvalue weighted by atomic mass is 16.3. The number of aliphatic imine (C=N–C) groups is 2. The smallest absolute Gasteiger partial charge is 0.293 e. The zero-order valence-electron chi connectivity index (χ0n) is 10.1. The molecule has 19 heavy (non-hydrogen) atoms. The first-order chi connectivity index (χ1) is 9.34. The Kier molecular flexibility index (Phi) is 2.97. The summed E-state index contributed by atoms with van der Waals surface area (Å²) < 4.78 is 5.12. The van der Waals surface area contributed by atoms with Crippen LogP contribution in [0, 0.1) is 0 Å². The van der Waals surface area contributed by atoms with Crippen LogP contribution >= 0.6 is 0 Å². The molecule has 1 aromatic rings. The van der Waals surface area contributed by atoms with E-state index in [4.69, 9.17) is 4.42 Å². The molecule has 0 radical (unpaired) electrons. The summed E-state index contributed by atoms with van der Waals surface area (Å²) in [6, 6.07) is 3.34. The quantitative estimate of drug-likeness (QED) is 0.804. The van der Waals surface area contributed by atoms with Crippen molar-refractivity contribution in [3.8, 4) is 0 Å². The van der Waals surface area contributed by atoms with E-state index in [-0.39, 0.29) is 5.91 Å². The van der Waals surface area contributed by atoms with E-state index in [0.717, 1.165) is 0 Å². The van der Waals surface area contributed by atoms with Crippen molar-refractivity contribution in [3.05, 3.63) is 48.6 Å². The Balaban J connectivity index is 1.79. The van der Waals surface area contributed by atoms with Gasteiger partial charge in [0.25, 0.3) is 5.91 Å². The van der Waals surface area contributed by atoms with Crippen molar-refractivity contribution in [2.45, 2.75) is 0 Å². The van der Waals surface area contributed by atoms with Crippen molar-refractivity contribution >= 4 is 18.3 Å². The maximum atomic E-state index is 12.2. The molecule has 0 unspecified atom stereocenters. The average Bonchev–Trinajstić information content (AvgIpc) is 3.02. The summed E-state index contributed by atoms with van der Waals surface area (Å²) in [6.07, 6.45) is 10.2. The van der Waals surface area contributed by atoms with Gasteiger partial charge in [-0.25, -0.2) is 4.99 Å². The van der Waals surface area contributed by atoms with E-state index >= 15 is 0 Å². The maximum Gasteiger partial charge on any atom is 0.293 e. The molecule has 0 bridgehead atoms. The summed E-state index contributed by atoms with van der Waals surface area (Å²) in [5.74, 6) is 0.846. The second kappa shape index (κ2) is 4.93. The summed E-state index contributed by atoms with van der Waals surface area (Å²) in [6.45, 7) is 1.08. The van der Waals surface area contributed by atoms with E-state index in [1.807, 2.05) is 11.1 Å². The molecule has 0 atom stereocenters. The Bertz CT molecular complexity index is 584. The third-order valence-corrected chi connectivity index (χ3v) is 2.78. The number of amides is 1. The molecule has 2 aliphatic rings. The number of hydrogen-bond donors (Lipinski definition) is 0. The molecule has 0 fully saturated rings. The predicted molar refractivity (Wildman–Crippen MR) is 70.7 cm³/mol. The third-order valence-electron chi connectivity index (χ3n) is 2.78. The highest BCUT2D eigenvalue weighted by Crippen LogP contribution is 2.15. The first kappa shape index (κ1) is 11.5. The maximum absolute atomic E-state index is 12.2. The minimum absolute atomic E-state index is 0.177.